The van der Waals surface area contributed by atoms with Gasteiger partial charge in [0, 0.05) is 4.87 Å². The molecule has 0 heterocycles. The zero-order valence-corrected chi connectivity index (χ0v) is 6.83. The number of halogens is 1. The smallest absolute Gasteiger partial charge is 0.0463 e. The minimum atomic E-state index is 0.282. The van der Waals surface area contributed by atoms with Crippen LogP contribution >= 0.6 is 11.6 Å². The molecule has 3 aliphatic rings. The topological polar surface area (TPSA) is 0 Å². The van der Waals surface area contributed by atoms with Gasteiger partial charge in [-0.25, -0.2) is 0 Å². The summed E-state index contributed by atoms with van der Waals surface area (Å²) in [6.07, 6.45) is 3.87. The van der Waals surface area contributed by atoms with Gasteiger partial charge in [0.05, 0.1) is 0 Å². The van der Waals surface area contributed by atoms with Crippen LogP contribution in [-0.2, 0) is 0 Å². The van der Waals surface area contributed by atoms with Gasteiger partial charge >= 0.3 is 0 Å². The second-order valence-electron chi connectivity index (χ2n) is 4.20. The highest BCUT2D eigenvalue weighted by Crippen LogP contribution is 2.73. The zero-order valence-electron chi connectivity index (χ0n) is 6.08. The Labute approximate surface area is 61.6 Å². The summed E-state index contributed by atoms with van der Waals surface area (Å²) in [6.45, 7) is 4.63. The fourth-order valence-corrected chi connectivity index (χ4v) is 3.15. The Morgan fingerprint density at radius 1 is 1.22 bits per heavy atom. The molecule has 0 atom stereocenters. The molecule has 0 aromatic rings. The van der Waals surface area contributed by atoms with E-state index >= 15 is 0 Å². The Bertz CT molecular complexity index is 129. The summed E-state index contributed by atoms with van der Waals surface area (Å²) in [6, 6.07) is 0. The average molecular weight is 145 g/mol. The molecule has 3 saturated carbocycles. The van der Waals surface area contributed by atoms with Gasteiger partial charge in [0.25, 0.3) is 0 Å². The number of alkyl halides is 1. The Morgan fingerprint density at radius 2 is 1.67 bits per heavy atom. The molecule has 52 valence electrons. The van der Waals surface area contributed by atoms with Gasteiger partial charge < -0.3 is 0 Å². The monoisotopic (exact) mass is 144 g/mol. The van der Waals surface area contributed by atoms with Crippen LogP contribution in [-0.4, -0.2) is 4.87 Å². The lowest BCUT2D eigenvalue weighted by molar-refractivity contribution is -0.118. The molecule has 0 amide bonds. The van der Waals surface area contributed by atoms with Crippen molar-refractivity contribution in [3.05, 3.63) is 0 Å². The van der Waals surface area contributed by atoms with Crippen molar-refractivity contribution in [1.29, 1.82) is 0 Å². The molecule has 0 radical (unpaired) electrons. The maximum absolute atomic E-state index is 6.10. The third-order valence-electron chi connectivity index (χ3n) is 3.23. The first-order chi connectivity index (χ1) is 4.06. The molecule has 3 fully saturated rings. The van der Waals surface area contributed by atoms with Crippen molar-refractivity contribution in [2.24, 2.45) is 11.3 Å². The maximum atomic E-state index is 6.10. The highest BCUT2D eigenvalue weighted by molar-refractivity contribution is 6.26. The van der Waals surface area contributed by atoms with E-state index < -0.39 is 0 Å². The van der Waals surface area contributed by atoms with E-state index in [1.807, 2.05) is 0 Å². The quantitative estimate of drug-likeness (QED) is 0.497. The first-order valence-electron chi connectivity index (χ1n) is 3.75. The fourth-order valence-electron chi connectivity index (χ4n) is 2.35. The van der Waals surface area contributed by atoms with Gasteiger partial charge in [0.1, 0.15) is 0 Å². The first kappa shape index (κ1) is 6.03. The van der Waals surface area contributed by atoms with E-state index in [-0.39, 0.29) is 4.87 Å². The van der Waals surface area contributed by atoms with E-state index in [4.69, 9.17) is 11.6 Å². The lowest BCUT2D eigenvalue weighted by Crippen LogP contribution is -2.65. The van der Waals surface area contributed by atoms with Crippen LogP contribution in [0.4, 0.5) is 0 Å². The van der Waals surface area contributed by atoms with Crippen molar-refractivity contribution in [2.45, 2.75) is 38.0 Å². The Kier molecular flexibility index (Phi) is 0.882. The van der Waals surface area contributed by atoms with Crippen LogP contribution in [0.5, 0.6) is 0 Å². The van der Waals surface area contributed by atoms with Crippen LogP contribution in [0.1, 0.15) is 33.1 Å². The Balaban J connectivity index is 2.04. The predicted molar refractivity (Wildman–Crippen MR) is 39.7 cm³/mol. The summed E-state index contributed by atoms with van der Waals surface area (Å²) in [5.41, 5.74) is 0.696. The van der Waals surface area contributed by atoms with Gasteiger partial charge in [-0.1, -0.05) is 13.8 Å². The molecule has 0 nitrogen and oxygen atoms in total. The van der Waals surface area contributed by atoms with Crippen LogP contribution in [0.3, 0.4) is 0 Å². The minimum absolute atomic E-state index is 0.282. The van der Waals surface area contributed by atoms with Crippen LogP contribution in [0.15, 0.2) is 0 Å². The molecule has 0 N–H and O–H groups in total. The van der Waals surface area contributed by atoms with Crippen molar-refractivity contribution >= 4 is 11.6 Å². The number of hydrogen-bond donors (Lipinski definition) is 0. The van der Waals surface area contributed by atoms with Gasteiger partial charge in [0.15, 0.2) is 0 Å². The molecule has 0 aliphatic heterocycles. The van der Waals surface area contributed by atoms with Crippen LogP contribution in [0.25, 0.3) is 0 Å². The van der Waals surface area contributed by atoms with E-state index in [1.165, 1.54) is 19.3 Å². The fraction of sp³-hybridized carbons (Fsp3) is 1.00. The normalized spacial score (nSPS) is 54.7. The molecular weight excluding hydrogens is 132 g/mol. The van der Waals surface area contributed by atoms with Gasteiger partial charge in [0.2, 0.25) is 0 Å². The lowest BCUT2D eigenvalue weighted by atomic mass is 9.40. The SMILES string of the molecule is CC(C)C12CC(Cl)(C1)C2. The standard InChI is InChI=1S/C8H13Cl/c1-6(2)7-3-8(9,4-7)5-7/h6H,3-5H2,1-2H3. The van der Waals surface area contributed by atoms with Gasteiger partial charge in [-0.05, 0) is 30.6 Å². The van der Waals surface area contributed by atoms with Crippen molar-refractivity contribution < 1.29 is 0 Å². The lowest BCUT2D eigenvalue weighted by Gasteiger charge is -2.70. The third-order valence-corrected chi connectivity index (χ3v) is 3.63. The molecule has 0 unspecified atom stereocenters. The Hall–Kier alpha value is 0.290. The van der Waals surface area contributed by atoms with Gasteiger partial charge in [-0.3, -0.25) is 0 Å². The zero-order chi connectivity index (χ0) is 6.70. The summed E-state index contributed by atoms with van der Waals surface area (Å²) < 4.78 is 0. The molecule has 0 aromatic heterocycles. The van der Waals surface area contributed by atoms with Crippen LogP contribution in [0.2, 0.25) is 0 Å². The Morgan fingerprint density at radius 3 is 1.78 bits per heavy atom. The van der Waals surface area contributed by atoms with Crippen molar-refractivity contribution in [3.63, 3.8) is 0 Å². The first-order valence-corrected chi connectivity index (χ1v) is 4.13. The molecule has 0 aromatic carbocycles. The van der Waals surface area contributed by atoms with Crippen molar-refractivity contribution in [3.8, 4) is 0 Å². The van der Waals surface area contributed by atoms with Crippen LogP contribution in [0, 0.1) is 11.3 Å². The summed E-state index contributed by atoms with van der Waals surface area (Å²) in [5.74, 6) is 0.859. The highest BCUT2D eigenvalue weighted by atomic mass is 35.5. The second-order valence-corrected chi connectivity index (χ2v) is 5.00. The molecule has 2 bridgehead atoms. The minimum Gasteiger partial charge on any atom is -0.119 e. The molecule has 3 rings (SSSR count). The van der Waals surface area contributed by atoms with E-state index in [0.717, 1.165) is 5.92 Å². The van der Waals surface area contributed by atoms with E-state index in [0.29, 0.717) is 5.41 Å². The maximum Gasteiger partial charge on any atom is 0.0463 e. The van der Waals surface area contributed by atoms with E-state index in [1.54, 1.807) is 0 Å². The average Bonchev–Trinajstić information content (AvgIpc) is 1.54. The van der Waals surface area contributed by atoms with E-state index in [9.17, 15) is 0 Å². The number of hydrogen-bond acceptors (Lipinski definition) is 0. The summed E-state index contributed by atoms with van der Waals surface area (Å²) >= 11 is 6.10. The summed E-state index contributed by atoms with van der Waals surface area (Å²) in [7, 11) is 0. The molecule has 1 heteroatoms. The van der Waals surface area contributed by atoms with E-state index in [2.05, 4.69) is 13.8 Å². The molecule has 9 heavy (non-hydrogen) atoms. The summed E-state index contributed by atoms with van der Waals surface area (Å²) in [4.78, 5) is 0.282. The van der Waals surface area contributed by atoms with Gasteiger partial charge in [-0.15, -0.1) is 11.6 Å². The van der Waals surface area contributed by atoms with Crippen molar-refractivity contribution in [1.82, 2.24) is 0 Å². The second kappa shape index (κ2) is 1.32. The molecule has 0 spiro atoms. The highest BCUT2D eigenvalue weighted by Gasteiger charge is 2.67. The predicted octanol–water partition coefficient (Wildman–Crippen LogP) is 2.80. The van der Waals surface area contributed by atoms with Crippen molar-refractivity contribution in [2.75, 3.05) is 0 Å². The molecular formula is C8H13Cl. The molecule has 3 aliphatic carbocycles. The molecule has 0 saturated heterocycles. The van der Waals surface area contributed by atoms with Gasteiger partial charge in [-0.2, -0.15) is 0 Å². The largest absolute Gasteiger partial charge is 0.119 e. The van der Waals surface area contributed by atoms with Crippen LogP contribution < -0.4 is 0 Å². The third kappa shape index (κ3) is 0.556. The number of rotatable bonds is 1. The summed E-state index contributed by atoms with van der Waals surface area (Å²) in [5, 5.41) is 0.